The molecule has 2 heterocycles. The van der Waals surface area contributed by atoms with E-state index < -0.39 is 0 Å². The van der Waals surface area contributed by atoms with Gasteiger partial charge >= 0.3 is 0 Å². The minimum Gasteiger partial charge on any atom is -0.307 e. The lowest BCUT2D eigenvalue weighted by atomic mass is 10.2. The van der Waals surface area contributed by atoms with Gasteiger partial charge in [0.05, 0.1) is 11.2 Å². The van der Waals surface area contributed by atoms with Crippen LogP contribution < -0.4 is 5.32 Å². The van der Waals surface area contributed by atoms with Gasteiger partial charge in [-0.3, -0.25) is 0 Å². The third kappa shape index (κ3) is 2.81. The molecule has 0 radical (unpaired) electrons. The van der Waals surface area contributed by atoms with Gasteiger partial charge in [-0.25, -0.2) is 4.98 Å². The van der Waals surface area contributed by atoms with Crippen molar-refractivity contribution in [2.24, 2.45) is 5.92 Å². The van der Waals surface area contributed by atoms with Crippen LogP contribution in [0.5, 0.6) is 0 Å². The molecule has 16 heavy (non-hydrogen) atoms. The van der Waals surface area contributed by atoms with Gasteiger partial charge in [-0.2, -0.15) is 0 Å². The lowest BCUT2D eigenvalue weighted by molar-refractivity contribution is 0.314. The molecule has 1 atom stereocenters. The van der Waals surface area contributed by atoms with Crippen LogP contribution in [0, 0.1) is 5.92 Å². The van der Waals surface area contributed by atoms with Gasteiger partial charge < -0.3 is 10.2 Å². The Labute approximate surface area is 101 Å². The number of aromatic nitrogens is 1. The van der Waals surface area contributed by atoms with Crippen molar-refractivity contribution in [2.45, 2.75) is 31.8 Å². The fraction of sp³-hybridized carbons (Fsp3) is 0.750. The Kier molecular flexibility index (Phi) is 3.22. The molecule has 1 aliphatic heterocycles. The summed E-state index contributed by atoms with van der Waals surface area (Å²) < 4.78 is 0. The summed E-state index contributed by atoms with van der Waals surface area (Å²) in [5.41, 5.74) is 3.09. The molecular formula is C12H19N3S. The SMILES string of the molecule is c1nc(CNC2CCN(CC3CC3)C2)cs1. The number of hydrogen-bond acceptors (Lipinski definition) is 4. The Morgan fingerprint density at radius 1 is 1.44 bits per heavy atom. The van der Waals surface area contributed by atoms with Gasteiger partial charge in [-0.05, 0) is 31.7 Å². The fourth-order valence-corrected chi connectivity index (χ4v) is 2.96. The van der Waals surface area contributed by atoms with E-state index in [0.29, 0.717) is 6.04 Å². The molecule has 1 aromatic heterocycles. The number of rotatable bonds is 5. The summed E-state index contributed by atoms with van der Waals surface area (Å²) in [5.74, 6) is 1.03. The van der Waals surface area contributed by atoms with Crippen LogP contribution in [-0.4, -0.2) is 35.6 Å². The van der Waals surface area contributed by atoms with Gasteiger partial charge in [0.25, 0.3) is 0 Å². The fourth-order valence-electron chi connectivity index (χ4n) is 2.40. The Balaban J connectivity index is 1.39. The summed E-state index contributed by atoms with van der Waals surface area (Å²) in [7, 11) is 0. The number of likely N-dealkylation sites (tertiary alicyclic amines) is 1. The maximum Gasteiger partial charge on any atom is 0.0795 e. The van der Waals surface area contributed by atoms with Crippen LogP contribution in [-0.2, 0) is 6.54 Å². The monoisotopic (exact) mass is 237 g/mol. The number of nitrogens with one attached hydrogen (secondary N) is 1. The van der Waals surface area contributed by atoms with Crippen molar-refractivity contribution in [3.63, 3.8) is 0 Å². The molecule has 1 saturated carbocycles. The van der Waals surface area contributed by atoms with Crippen LogP contribution in [0.25, 0.3) is 0 Å². The van der Waals surface area contributed by atoms with E-state index in [2.05, 4.69) is 20.6 Å². The zero-order chi connectivity index (χ0) is 10.8. The van der Waals surface area contributed by atoms with E-state index in [4.69, 9.17) is 0 Å². The standard InChI is InChI=1S/C12H19N3S/c1-2-10(1)6-15-4-3-11(7-15)13-5-12-8-16-9-14-12/h8-11,13H,1-7H2. The Bertz CT molecular complexity index is 321. The van der Waals surface area contributed by atoms with Gasteiger partial charge in [0.15, 0.2) is 0 Å². The topological polar surface area (TPSA) is 28.2 Å². The van der Waals surface area contributed by atoms with E-state index in [-0.39, 0.29) is 0 Å². The predicted molar refractivity (Wildman–Crippen MR) is 66.5 cm³/mol. The molecule has 1 N–H and O–H groups in total. The first-order valence-corrected chi connectivity index (χ1v) is 7.17. The first kappa shape index (κ1) is 10.7. The van der Waals surface area contributed by atoms with Crippen molar-refractivity contribution in [2.75, 3.05) is 19.6 Å². The Morgan fingerprint density at radius 2 is 2.38 bits per heavy atom. The van der Waals surface area contributed by atoms with Gasteiger partial charge in [0, 0.05) is 31.1 Å². The summed E-state index contributed by atoms with van der Waals surface area (Å²) in [6, 6.07) is 0.681. The summed E-state index contributed by atoms with van der Waals surface area (Å²) in [5, 5.41) is 5.74. The molecule has 4 heteroatoms. The van der Waals surface area contributed by atoms with Crippen molar-refractivity contribution < 1.29 is 0 Å². The van der Waals surface area contributed by atoms with Gasteiger partial charge in [-0.15, -0.1) is 11.3 Å². The lowest BCUT2D eigenvalue weighted by Crippen LogP contribution is -2.32. The highest BCUT2D eigenvalue weighted by molar-refractivity contribution is 7.07. The van der Waals surface area contributed by atoms with Crippen LogP contribution in [0.15, 0.2) is 10.9 Å². The molecule has 1 saturated heterocycles. The van der Waals surface area contributed by atoms with Crippen LogP contribution in [0.1, 0.15) is 25.0 Å². The van der Waals surface area contributed by atoms with Gasteiger partial charge in [0.2, 0.25) is 0 Å². The molecule has 3 rings (SSSR count). The van der Waals surface area contributed by atoms with Gasteiger partial charge in [-0.1, -0.05) is 0 Å². The number of hydrogen-bond donors (Lipinski definition) is 1. The van der Waals surface area contributed by atoms with E-state index in [1.165, 1.54) is 44.6 Å². The lowest BCUT2D eigenvalue weighted by Gasteiger charge is -2.15. The molecule has 0 bridgehead atoms. The first-order chi connectivity index (χ1) is 7.90. The Morgan fingerprint density at radius 3 is 3.12 bits per heavy atom. The molecule has 2 fully saturated rings. The van der Waals surface area contributed by atoms with Crippen molar-refractivity contribution >= 4 is 11.3 Å². The second kappa shape index (κ2) is 4.82. The average molecular weight is 237 g/mol. The smallest absolute Gasteiger partial charge is 0.0795 e. The maximum atomic E-state index is 4.30. The van der Waals surface area contributed by atoms with E-state index >= 15 is 0 Å². The maximum absolute atomic E-state index is 4.30. The third-order valence-corrected chi connectivity index (χ3v) is 4.18. The van der Waals surface area contributed by atoms with Crippen LogP contribution in [0.4, 0.5) is 0 Å². The molecule has 3 nitrogen and oxygen atoms in total. The second-order valence-corrected chi connectivity index (χ2v) is 5.77. The van der Waals surface area contributed by atoms with Crippen molar-refractivity contribution in [3.8, 4) is 0 Å². The first-order valence-electron chi connectivity index (χ1n) is 6.23. The molecule has 1 unspecified atom stereocenters. The molecule has 0 spiro atoms. The molecule has 1 aliphatic carbocycles. The predicted octanol–water partition coefficient (Wildman–Crippen LogP) is 1.72. The van der Waals surface area contributed by atoms with Crippen molar-refractivity contribution in [1.29, 1.82) is 0 Å². The second-order valence-electron chi connectivity index (χ2n) is 5.05. The minimum atomic E-state index is 0.681. The Hall–Kier alpha value is -0.450. The van der Waals surface area contributed by atoms with Crippen LogP contribution >= 0.6 is 11.3 Å². The normalized spacial score (nSPS) is 26.4. The zero-order valence-electron chi connectivity index (χ0n) is 9.56. The van der Waals surface area contributed by atoms with E-state index in [9.17, 15) is 0 Å². The van der Waals surface area contributed by atoms with E-state index in [0.717, 1.165) is 12.5 Å². The molecule has 0 amide bonds. The summed E-state index contributed by atoms with van der Waals surface area (Å²) in [4.78, 5) is 6.92. The summed E-state index contributed by atoms with van der Waals surface area (Å²) >= 11 is 1.68. The highest BCUT2D eigenvalue weighted by Gasteiger charge is 2.28. The number of nitrogens with zero attached hydrogens (tertiary/aromatic N) is 2. The van der Waals surface area contributed by atoms with Crippen LogP contribution in [0.2, 0.25) is 0 Å². The summed E-state index contributed by atoms with van der Waals surface area (Å²) in [6.07, 6.45) is 4.23. The quantitative estimate of drug-likeness (QED) is 0.845. The minimum absolute atomic E-state index is 0.681. The highest BCUT2D eigenvalue weighted by atomic mass is 32.1. The summed E-state index contributed by atoms with van der Waals surface area (Å²) in [6.45, 7) is 4.80. The highest BCUT2D eigenvalue weighted by Crippen LogP contribution is 2.30. The molecule has 2 aliphatic rings. The third-order valence-electron chi connectivity index (χ3n) is 3.54. The van der Waals surface area contributed by atoms with Crippen LogP contribution in [0.3, 0.4) is 0 Å². The molecule has 88 valence electrons. The zero-order valence-corrected chi connectivity index (χ0v) is 10.4. The van der Waals surface area contributed by atoms with E-state index in [1.54, 1.807) is 11.3 Å². The van der Waals surface area contributed by atoms with Crippen molar-refractivity contribution in [3.05, 3.63) is 16.6 Å². The number of thiazole rings is 1. The average Bonchev–Trinajstić information content (AvgIpc) is 2.81. The largest absolute Gasteiger partial charge is 0.307 e. The molecule has 1 aromatic rings. The molecular weight excluding hydrogens is 218 g/mol. The molecule has 0 aromatic carbocycles. The van der Waals surface area contributed by atoms with Gasteiger partial charge in [0.1, 0.15) is 0 Å². The van der Waals surface area contributed by atoms with Crippen molar-refractivity contribution in [1.82, 2.24) is 15.2 Å². The van der Waals surface area contributed by atoms with E-state index in [1.807, 2.05) is 5.51 Å².